The maximum absolute atomic E-state index is 9.84. The van der Waals surface area contributed by atoms with Gasteiger partial charge in [0.2, 0.25) is 0 Å². The Bertz CT molecular complexity index is 165. The van der Waals surface area contributed by atoms with Crippen LogP contribution in [-0.4, -0.2) is 32.0 Å². The average Bonchev–Trinajstić information content (AvgIpc) is 2.25. The van der Waals surface area contributed by atoms with Gasteiger partial charge in [-0.05, 0) is 25.7 Å². The molecule has 1 rings (SSSR count). The molecule has 1 saturated heterocycles. The molecule has 2 nitrogen and oxygen atoms in total. The summed E-state index contributed by atoms with van der Waals surface area (Å²) in [7, 11) is -0.978. The largest absolute Gasteiger partial charge is 0.390 e. The van der Waals surface area contributed by atoms with Gasteiger partial charge in [-0.1, -0.05) is 25.7 Å². The van der Waals surface area contributed by atoms with E-state index in [9.17, 15) is 5.11 Å². The molecule has 14 heavy (non-hydrogen) atoms. The lowest BCUT2D eigenvalue weighted by Crippen LogP contribution is -2.30. The standard InChI is InChI=1S/C11H24O2Si/c1-14(2,3)9-7-11-10(12)6-4-5-8-13-11/h10-12H,4-9H2,1-3H3/t10-,11+/m0/s1. The van der Waals surface area contributed by atoms with Crippen LogP contribution in [0.1, 0.15) is 25.7 Å². The topological polar surface area (TPSA) is 29.5 Å². The van der Waals surface area contributed by atoms with Gasteiger partial charge in [-0.25, -0.2) is 0 Å². The maximum Gasteiger partial charge on any atom is 0.0831 e. The first-order valence-corrected chi connectivity index (χ1v) is 9.49. The van der Waals surface area contributed by atoms with Gasteiger partial charge < -0.3 is 9.84 Å². The highest BCUT2D eigenvalue weighted by molar-refractivity contribution is 6.76. The Hall–Kier alpha value is 0.137. The van der Waals surface area contributed by atoms with Crippen LogP contribution >= 0.6 is 0 Å². The molecule has 0 spiro atoms. The Balaban J connectivity index is 2.33. The monoisotopic (exact) mass is 216 g/mol. The van der Waals surface area contributed by atoms with Crippen LogP contribution in [0, 0.1) is 0 Å². The third-order valence-electron chi connectivity index (χ3n) is 2.83. The fourth-order valence-electron chi connectivity index (χ4n) is 1.84. The van der Waals surface area contributed by atoms with Gasteiger partial charge >= 0.3 is 0 Å². The van der Waals surface area contributed by atoms with Gasteiger partial charge in [-0.15, -0.1) is 0 Å². The van der Waals surface area contributed by atoms with Crippen LogP contribution < -0.4 is 0 Å². The molecule has 0 bridgehead atoms. The molecule has 1 heterocycles. The average molecular weight is 216 g/mol. The first-order chi connectivity index (χ1) is 6.49. The molecule has 1 fully saturated rings. The van der Waals surface area contributed by atoms with Crippen LogP contribution in [0.25, 0.3) is 0 Å². The summed E-state index contributed by atoms with van der Waals surface area (Å²) in [5, 5.41) is 9.84. The van der Waals surface area contributed by atoms with Gasteiger partial charge in [0.25, 0.3) is 0 Å². The Morgan fingerprint density at radius 2 is 2.00 bits per heavy atom. The number of aliphatic hydroxyl groups is 1. The van der Waals surface area contributed by atoms with Crippen molar-refractivity contribution in [3.05, 3.63) is 0 Å². The minimum atomic E-state index is -0.978. The van der Waals surface area contributed by atoms with Crippen molar-refractivity contribution in [2.45, 2.75) is 63.6 Å². The van der Waals surface area contributed by atoms with Crippen molar-refractivity contribution in [1.82, 2.24) is 0 Å². The predicted octanol–water partition coefficient (Wildman–Crippen LogP) is 2.64. The smallest absolute Gasteiger partial charge is 0.0831 e. The van der Waals surface area contributed by atoms with Crippen molar-refractivity contribution in [2.24, 2.45) is 0 Å². The van der Waals surface area contributed by atoms with Crippen LogP contribution in [-0.2, 0) is 4.74 Å². The third-order valence-corrected chi connectivity index (χ3v) is 4.62. The number of aliphatic hydroxyl groups excluding tert-OH is 1. The summed E-state index contributed by atoms with van der Waals surface area (Å²) in [5.74, 6) is 0. The Kier molecular flexibility index (Phi) is 4.61. The molecule has 0 unspecified atom stereocenters. The molecule has 3 heteroatoms. The molecule has 0 aliphatic carbocycles. The lowest BCUT2D eigenvalue weighted by Gasteiger charge is -2.24. The second-order valence-electron chi connectivity index (χ2n) is 5.57. The summed E-state index contributed by atoms with van der Waals surface area (Å²) < 4.78 is 5.68. The quantitative estimate of drug-likeness (QED) is 0.735. The lowest BCUT2D eigenvalue weighted by molar-refractivity contribution is -0.0267. The van der Waals surface area contributed by atoms with Crippen molar-refractivity contribution in [3.63, 3.8) is 0 Å². The first kappa shape index (κ1) is 12.2. The van der Waals surface area contributed by atoms with Crippen LogP contribution in [0.4, 0.5) is 0 Å². The molecular formula is C11H24O2Si. The molecule has 1 aliphatic heterocycles. The zero-order chi connectivity index (χ0) is 10.6. The van der Waals surface area contributed by atoms with E-state index < -0.39 is 8.07 Å². The van der Waals surface area contributed by atoms with E-state index in [1.807, 2.05) is 0 Å². The Morgan fingerprint density at radius 1 is 1.29 bits per heavy atom. The van der Waals surface area contributed by atoms with E-state index in [2.05, 4.69) is 19.6 Å². The number of hydrogen-bond donors (Lipinski definition) is 1. The molecule has 0 saturated carbocycles. The number of rotatable bonds is 3. The molecule has 1 aliphatic rings. The Morgan fingerprint density at radius 3 is 2.64 bits per heavy atom. The van der Waals surface area contributed by atoms with Gasteiger partial charge in [0.05, 0.1) is 12.2 Å². The highest BCUT2D eigenvalue weighted by Gasteiger charge is 2.24. The number of ether oxygens (including phenoxy) is 1. The second kappa shape index (κ2) is 5.28. The molecule has 1 N–H and O–H groups in total. The first-order valence-electron chi connectivity index (χ1n) is 5.79. The van der Waals surface area contributed by atoms with E-state index in [4.69, 9.17) is 4.74 Å². The zero-order valence-corrected chi connectivity index (χ0v) is 10.8. The summed E-state index contributed by atoms with van der Waals surface area (Å²) in [5.41, 5.74) is 0. The molecule has 0 radical (unpaired) electrons. The van der Waals surface area contributed by atoms with Crippen molar-refractivity contribution >= 4 is 8.07 Å². The van der Waals surface area contributed by atoms with Crippen LogP contribution in [0.5, 0.6) is 0 Å². The van der Waals surface area contributed by atoms with Crippen LogP contribution in [0.2, 0.25) is 25.7 Å². The minimum Gasteiger partial charge on any atom is -0.390 e. The summed E-state index contributed by atoms with van der Waals surface area (Å²) in [6, 6.07) is 1.26. The third kappa shape index (κ3) is 4.58. The van der Waals surface area contributed by atoms with E-state index in [-0.39, 0.29) is 12.2 Å². The molecular weight excluding hydrogens is 192 g/mol. The molecule has 0 aromatic carbocycles. The normalized spacial score (nSPS) is 30.0. The molecule has 0 aromatic heterocycles. The summed E-state index contributed by atoms with van der Waals surface area (Å²) in [6.07, 6.45) is 4.11. The number of hydrogen-bond acceptors (Lipinski definition) is 2. The second-order valence-corrected chi connectivity index (χ2v) is 11.2. The molecule has 0 aromatic rings. The highest BCUT2D eigenvalue weighted by Crippen LogP contribution is 2.21. The van der Waals surface area contributed by atoms with E-state index in [0.717, 1.165) is 32.3 Å². The highest BCUT2D eigenvalue weighted by atomic mass is 28.3. The fourth-order valence-corrected chi connectivity index (χ4v) is 2.99. The van der Waals surface area contributed by atoms with E-state index in [0.29, 0.717) is 0 Å². The summed E-state index contributed by atoms with van der Waals surface area (Å²) in [6.45, 7) is 7.95. The predicted molar refractivity (Wildman–Crippen MR) is 62.4 cm³/mol. The van der Waals surface area contributed by atoms with E-state index in [1.165, 1.54) is 6.04 Å². The zero-order valence-electron chi connectivity index (χ0n) is 9.75. The molecule has 0 amide bonds. The van der Waals surface area contributed by atoms with Crippen LogP contribution in [0.3, 0.4) is 0 Å². The SMILES string of the molecule is C[Si](C)(C)CC[C@H]1OCCCC[C@@H]1O. The van der Waals surface area contributed by atoms with Crippen molar-refractivity contribution < 1.29 is 9.84 Å². The molecule has 84 valence electrons. The lowest BCUT2D eigenvalue weighted by atomic mass is 10.1. The summed E-state index contributed by atoms with van der Waals surface area (Å²) in [4.78, 5) is 0. The Labute approximate surface area is 88.7 Å². The van der Waals surface area contributed by atoms with Crippen molar-refractivity contribution in [3.8, 4) is 0 Å². The molecule has 2 atom stereocenters. The van der Waals surface area contributed by atoms with Gasteiger partial charge in [0, 0.05) is 14.7 Å². The van der Waals surface area contributed by atoms with Gasteiger partial charge in [0.15, 0.2) is 0 Å². The van der Waals surface area contributed by atoms with Crippen molar-refractivity contribution in [1.29, 1.82) is 0 Å². The van der Waals surface area contributed by atoms with E-state index in [1.54, 1.807) is 0 Å². The van der Waals surface area contributed by atoms with Crippen molar-refractivity contribution in [2.75, 3.05) is 6.61 Å². The maximum atomic E-state index is 9.84. The summed E-state index contributed by atoms with van der Waals surface area (Å²) >= 11 is 0. The van der Waals surface area contributed by atoms with Gasteiger partial charge in [0.1, 0.15) is 0 Å². The van der Waals surface area contributed by atoms with E-state index >= 15 is 0 Å². The van der Waals surface area contributed by atoms with Gasteiger partial charge in [-0.3, -0.25) is 0 Å². The fraction of sp³-hybridized carbons (Fsp3) is 1.00. The van der Waals surface area contributed by atoms with Crippen LogP contribution in [0.15, 0.2) is 0 Å². The minimum absolute atomic E-state index is 0.115. The van der Waals surface area contributed by atoms with Gasteiger partial charge in [-0.2, -0.15) is 0 Å².